The molecule has 18 aromatic carbocycles. The predicted molar refractivity (Wildman–Crippen MR) is 509 cm³/mol. The van der Waals surface area contributed by atoms with Gasteiger partial charge in [0.2, 0.25) is 0 Å². The van der Waals surface area contributed by atoms with Crippen LogP contribution in [-0.4, -0.2) is 21.1 Å². The van der Waals surface area contributed by atoms with E-state index in [9.17, 15) is 0 Å². The highest BCUT2D eigenvalue weighted by Crippen LogP contribution is 2.43. The van der Waals surface area contributed by atoms with Gasteiger partial charge in [0.25, 0.3) is 0 Å². The highest BCUT2D eigenvalue weighted by molar-refractivity contribution is 6.12. The number of fused-ring (bicyclic) bond motifs is 2. The molecule has 18 aromatic rings. The summed E-state index contributed by atoms with van der Waals surface area (Å²) in [4.78, 5) is 13.6. The molecule has 574 valence electrons. The molecule has 0 fully saturated rings. The van der Waals surface area contributed by atoms with Gasteiger partial charge in [-0.3, -0.25) is 0 Å². The number of nitrogens with zero attached hydrogens (tertiary/aromatic N) is 6. The zero-order chi connectivity index (χ0) is 80.5. The third-order valence-corrected chi connectivity index (χ3v) is 22.3. The van der Waals surface area contributed by atoms with Gasteiger partial charge in [-0.2, -0.15) is 0 Å². The van der Waals surface area contributed by atoms with Crippen LogP contribution < -0.4 is 29.4 Å². The van der Waals surface area contributed by atoms with E-state index < -0.39 is 0 Å². The average Bonchev–Trinajstić information content (AvgIpc) is 0.764. The molecule has 0 saturated heterocycles. The maximum Gasteiger partial charge on any atom is 0.0567 e. The Morgan fingerprint density at radius 3 is 0.773 bits per heavy atom. The van der Waals surface area contributed by atoms with Gasteiger partial charge in [-0.25, -0.2) is 0 Å². The predicted octanol–water partition coefficient (Wildman–Crippen LogP) is 31.3. The first-order valence-electron chi connectivity index (χ1n) is 40.8. The molecule has 0 saturated carbocycles. The third kappa shape index (κ3) is 17.7. The fraction of sp³-hybridized carbons (Fsp3) is 0.0442. The van der Waals surface area contributed by atoms with Crippen molar-refractivity contribution in [2.45, 2.75) is 12.3 Å². The van der Waals surface area contributed by atoms with Crippen molar-refractivity contribution in [3.63, 3.8) is 0 Å². The van der Waals surface area contributed by atoms with Crippen LogP contribution in [0.1, 0.15) is 17.9 Å². The van der Waals surface area contributed by atoms with Gasteiger partial charge >= 0.3 is 0 Å². The topological polar surface area (TPSA) is 19.4 Å². The lowest BCUT2D eigenvalue weighted by molar-refractivity contribution is 0.853. The Labute approximate surface area is 700 Å². The van der Waals surface area contributed by atoms with Crippen LogP contribution in [-0.2, 0) is 0 Å². The summed E-state index contributed by atoms with van der Waals surface area (Å²) >= 11 is 0. The number of para-hydroxylation sites is 6. The molecule has 1 aliphatic carbocycles. The fourth-order valence-electron chi connectivity index (χ4n) is 15.9. The molecule has 0 heterocycles. The van der Waals surface area contributed by atoms with Crippen LogP contribution in [0.5, 0.6) is 0 Å². The first kappa shape index (κ1) is 76.4. The first-order chi connectivity index (χ1) is 58.8. The summed E-state index contributed by atoms with van der Waals surface area (Å²) in [7, 11) is 6.42. The largest absolute Gasteiger partial charge is 0.345 e. The Morgan fingerprint density at radius 1 is 0.193 bits per heavy atom. The quantitative estimate of drug-likeness (QED) is 0.0704. The van der Waals surface area contributed by atoms with Gasteiger partial charge in [-0.05, 0) is 243 Å². The molecular formula is C113H92N6. The van der Waals surface area contributed by atoms with Crippen molar-refractivity contribution in [2.24, 2.45) is 0 Å². The highest BCUT2D eigenvalue weighted by Gasteiger charge is 2.19. The molecule has 6 heteroatoms. The zero-order valence-electron chi connectivity index (χ0n) is 67.2. The molecule has 19 rings (SSSR count). The summed E-state index contributed by atoms with van der Waals surface area (Å²) in [5.41, 5.74) is 28.3. The molecule has 0 N–H and O–H groups in total. The van der Waals surface area contributed by atoms with Gasteiger partial charge in [0.15, 0.2) is 0 Å². The fourth-order valence-corrected chi connectivity index (χ4v) is 15.9. The Kier molecular flexibility index (Phi) is 23.4. The van der Waals surface area contributed by atoms with Crippen LogP contribution in [0.15, 0.2) is 485 Å². The molecule has 0 spiro atoms. The molecule has 6 nitrogen and oxygen atoms in total. The monoisotopic (exact) mass is 1530 g/mol. The van der Waals surface area contributed by atoms with Gasteiger partial charge < -0.3 is 29.4 Å². The zero-order valence-corrected chi connectivity index (χ0v) is 67.2. The molecule has 0 bridgehead atoms. The summed E-state index contributed by atoms with van der Waals surface area (Å²) < 4.78 is 0. The number of allylic oxidation sites excluding steroid dienone is 4. The van der Waals surface area contributed by atoms with Gasteiger partial charge in [0.1, 0.15) is 0 Å². The molecule has 1 unspecified atom stereocenters. The van der Waals surface area contributed by atoms with Gasteiger partial charge in [-0.1, -0.05) is 309 Å². The number of hydrogen-bond acceptors (Lipinski definition) is 6. The Morgan fingerprint density at radius 2 is 0.445 bits per heavy atom. The lowest BCUT2D eigenvalue weighted by Gasteiger charge is -2.25. The Bertz CT molecular complexity index is 6180. The van der Waals surface area contributed by atoms with Crippen LogP contribution in [0.3, 0.4) is 0 Å². The first-order valence-corrected chi connectivity index (χ1v) is 40.8. The summed E-state index contributed by atoms with van der Waals surface area (Å²) in [6.45, 7) is 0. The van der Waals surface area contributed by atoms with Crippen molar-refractivity contribution in [3.05, 3.63) is 491 Å². The number of anilines is 15. The average molecular weight is 1530 g/mol. The van der Waals surface area contributed by atoms with E-state index >= 15 is 0 Å². The van der Waals surface area contributed by atoms with E-state index in [0.717, 1.165) is 74.7 Å². The van der Waals surface area contributed by atoms with Crippen LogP contribution in [0.25, 0.3) is 66.1 Å². The summed E-state index contributed by atoms with van der Waals surface area (Å²) in [6.07, 6.45) is 9.87. The van der Waals surface area contributed by atoms with Crippen LogP contribution in [0.2, 0.25) is 0 Å². The van der Waals surface area contributed by atoms with Gasteiger partial charge in [0, 0.05) is 117 Å². The molecule has 0 aromatic heterocycles. The maximum atomic E-state index is 2.31. The minimum atomic E-state index is 0.479. The van der Waals surface area contributed by atoms with E-state index in [1.807, 2.05) is 0 Å². The molecular weight excluding hydrogens is 1440 g/mol. The smallest absolute Gasteiger partial charge is 0.0567 e. The van der Waals surface area contributed by atoms with Gasteiger partial charge in [-0.15, -0.1) is 0 Å². The van der Waals surface area contributed by atoms with Crippen LogP contribution >= 0.6 is 0 Å². The number of hydrogen-bond donors (Lipinski definition) is 0. The number of benzene rings is 18. The Hall–Kier alpha value is -15.2. The third-order valence-electron chi connectivity index (χ3n) is 22.3. The Balaban J connectivity index is 0.000000128. The van der Waals surface area contributed by atoms with Crippen LogP contribution in [0, 0.1) is 0 Å². The van der Waals surface area contributed by atoms with E-state index in [4.69, 9.17) is 0 Å². The molecule has 0 amide bonds. The van der Waals surface area contributed by atoms with Crippen molar-refractivity contribution >= 4 is 107 Å². The van der Waals surface area contributed by atoms with Crippen LogP contribution in [0.4, 0.5) is 85.3 Å². The minimum absolute atomic E-state index is 0.479. The van der Waals surface area contributed by atoms with Crippen molar-refractivity contribution in [2.75, 3.05) is 50.5 Å². The standard InChI is InChI=1S/C39H30N2.C37H30N2.C37H32N2/c1-40(39-37-18-10-8-12-31(37)28-32-13-9-11-19-38(32)39)33-24-20-29(21-25-33)30-22-26-36(27-23-30)41(34-14-4-2-5-15-34)35-16-6-3-7-17-35;1-38(37-19-11-14-32(28-37)29-12-5-2-6-13-29)33-24-20-30(21-25-33)31-22-26-36(27-23-31)39(34-15-7-3-8-16-34)35-17-9-4-10-18-35;1-38(33-23-17-30(18-24-33)29-11-5-2-6-12-29)34-25-19-31(20-26-34)32-21-27-37(28-22-32)39(35-13-7-3-8-14-35)36-15-9-4-10-16-36/h2-28H,1H3;2-28H,1H3;2-11,13-29H,12H2,1H3. The second-order valence-corrected chi connectivity index (χ2v) is 29.8. The molecule has 1 atom stereocenters. The van der Waals surface area contributed by atoms with Crippen molar-refractivity contribution in [3.8, 4) is 44.5 Å². The van der Waals surface area contributed by atoms with E-state index in [2.05, 4.69) is 536 Å². The summed E-state index contributed by atoms with van der Waals surface area (Å²) in [6, 6.07) is 164. The molecule has 1 aliphatic rings. The van der Waals surface area contributed by atoms with E-state index in [0.29, 0.717) is 5.92 Å². The van der Waals surface area contributed by atoms with Crippen molar-refractivity contribution in [1.82, 2.24) is 0 Å². The lowest BCUT2D eigenvalue weighted by atomic mass is 9.92. The van der Waals surface area contributed by atoms with Crippen molar-refractivity contribution < 1.29 is 0 Å². The second-order valence-electron chi connectivity index (χ2n) is 29.8. The normalized spacial score (nSPS) is 12.0. The SMILES string of the molecule is CN(c1ccc(-c2ccc(N(c3ccccc3)c3ccccc3)cc2)cc1)c1c2ccccc2cc2ccccc12.CN(c1ccc(-c2ccc(N(c3ccccc3)c3ccccc3)cc2)cc1)c1ccc(C2C=CC=CC2)cc1.CN(c1ccc(-c2ccc(N(c3ccccc3)c3ccccc3)cc2)cc1)c1cccc(-c2ccccc2)c1. The second kappa shape index (κ2) is 36.5. The number of rotatable bonds is 20. The van der Waals surface area contributed by atoms with Crippen molar-refractivity contribution in [1.29, 1.82) is 0 Å². The molecule has 0 aliphatic heterocycles. The maximum absolute atomic E-state index is 2.31. The van der Waals surface area contributed by atoms with E-state index in [1.165, 1.54) is 88.7 Å². The summed E-state index contributed by atoms with van der Waals surface area (Å²) in [5.74, 6) is 0.479. The summed E-state index contributed by atoms with van der Waals surface area (Å²) in [5, 5.41) is 5.03. The van der Waals surface area contributed by atoms with E-state index in [-0.39, 0.29) is 0 Å². The lowest BCUT2D eigenvalue weighted by Crippen LogP contribution is -2.10. The van der Waals surface area contributed by atoms with Gasteiger partial charge in [0.05, 0.1) is 5.69 Å². The highest BCUT2D eigenvalue weighted by atomic mass is 15.2. The molecule has 119 heavy (non-hydrogen) atoms. The molecule has 0 radical (unpaired) electrons. The minimum Gasteiger partial charge on any atom is -0.345 e. The van der Waals surface area contributed by atoms with E-state index in [1.54, 1.807) is 0 Å².